The minimum atomic E-state index is 0.505. The van der Waals surface area contributed by atoms with E-state index in [2.05, 4.69) is 9.97 Å². The van der Waals surface area contributed by atoms with Gasteiger partial charge < -0.3 is 9.72 Å². The Hall–Kier alpha value is -1.84. The Morgan fingerprint density at radius 2 is 2.46 bits per heavy atom. The minimum Gasteiger partial charge on any atom is -0.479 e. The summed E-state index contributed by atoms with van der Waals surface area (Å²) < 4.78 is 5.03. The van der Waals surface area contributed by atoms with Gasteiger partial charge in [-0.05, 0) is 12.1 Å². The normalized spacial score (nSPS) is 10.2. The Bertz CT molecular complexity index is 448. The summed E-state index contributed by atoms with van der Waals surface area (Å²) in [6.45, 7) is 0. The van der Waals surface area contributed by atoms with Gasteiger partial charge in [0.2, 0.25) is 5.88 Å². The lowest BCUT2D eigenvalue weighted by molar-refractivity contribution is 0.112. The van der Waals surface area contributed by atoms with Crippen LogP contribution in [-0.4, -0.2) is 23.4 Å². The maximum atomic E-state index is 10.5. The summed E-state index contributed by atoms with van der Waals surface area (Å²) in [6, 6.07) is 3.58. The quantitative estimate of drug-likeness (QED) is 0.703. The number of nitrogens with one attached hydrogen (secondary N) is 1. The molecular formula is C9H8N2O2. The van der Waals surface area contributed by atoms with E-state index in [-0.39, 0.29) is 0 Å². The highest BCUT2D eigenvalue weighted by Gasteiger charge is 2.05. The first kappa shape index (κ1) is 7.79. The Balaban J connectivity index is 2.74. The van der Waals surface area contributed by atoms with Crippen molar-refractivity contribution in [3.8, 4) is 5.88 Å². The number of aromatic amines is 1. The highest BCUT2D eigenvalue weighted by Crippen LogP contribution is 2.21. The summed E-state index contributed by atoms with van der Waals surface area (Å²) in [5.74, 6) is 0.505. The van der Waals surface area contributed by atoms with Crippen molar-refractivity contribution in [2.24, 2.45) is 0 Å². The lowest BCUT2D eigenvalue weighted by Crippen LogP contribution is -1.87. The van der Waals surface area contributed by atoms with Gasteiger partial charge in [-0.2, -0.15) is 0 Å². The van der Waals surface area contributed by atoms with E-state index < -0.39 is 0 Å². The van der Waals surface area contributed by atoms with Crippen LogP contribution in [0.5, 0.6) is 5.88 Å². The SMILES string of the molecule is COc1nccc2cc(C=O)[nH]c12. The van der Waals surface area contributed by atoms with Crippen LogP contribution in [0, 0.1) is 0 Å². The number of hydrogen-bond donors (Lipinski definition) is 1. The van der Waals surface area contributed by atoms with E-state index in [0.29, 0.717) is 11.6 Å². The monoisotopic (exact) mass is 176 g/mol. The van der Waals surface area contributed by atoms with Crippen molar-refractivity contribution in [2.45, 2.75) is 0 Å². The standard InChI is InChI=1S/C9H8N2O2/c1-13-9-8-6(2-3-10-9)4-7(5-12)11-8/h2-5,11H,1H3. The van der Waals surface area contributed by atoms with Gasteiger partial charge in [-0.3, -0.25) is 4.79 Å². The van der Waals surface area contributed by atoms with Gasteiger partial charge in [0, 0.05) is 11.6 Å². The van der Waals surface area contributed by atoms with Crippen LogP contribution in [-0.2, 0) is 0 Å². The molecule has 0 aliphatic carbocycles. The zero-order chi connectivity index (χ0) is 9.26. The van der Waals surface area contributed by atoms with Crippen LogP contribution in [0.4, 0.5) is 0 Å². The molecule has 1 N–H and O–H groups in total. The number of methoxy groups -OCH3 is 1. The third-order valence-electron chi connectivity index (χ3n) is 1.85. The zero-order valence-electron chi connectivity index (χ0n) is 7.07. The number of fused-ring (bicyclic) bond motifs is 1. The van der Waals surface area contributed by atoms with Gasteiger partial charge in [-0.25, -0.2) is 4.98 Å². The summed E-state index contributed by atoms with van der Waals surface area (Å²) in [5.41, 5.74) is 1.29. The average molecular weight is 176 g/mol. The van der Waals surface area contributed by atoms with Crippen LogP contribution in [0.1, 0.15) is 10.5 Å². The van der Waals surface area contributed by atoms with Crippen LogP contribution in [0.15, 0.2) is 18.3 Å². The zero-order valence-corrected chi connectivity index (χ0v) is 7.07. The number of H-pyrrole nitrogens is 1. The van der Waals surface area contributed by atoms with E-state index in [1.54, 1.807) is 19.4 Å². The number of rotatable bonds is 2. The largest absolute Gasteiger partial charge is 0.479 e. The Labute approximate surface area is 74.5 Å². The van der Waals surface area contributed by atoms with Crippen molar-refractivity contribution < 1.29 is 9.53 Å². The molecule has 0 amide bonds. The van der Waals surface area contributed by atoms with Gasteiger partial charge in [0.05, 0.1) is 12.8 Å². The van der Waals surface area contributed by atoms with E-state index >= 15 is 0 Å². The molecule has 4 heteroatoms. The van der Waals surface area contributed by atoms with E-state index in [9.17, 15) is 4.79 Å². The maximum absolute atomic E-state index is 10.5. The highest BCUT2D eigenvalue weighted by molar-refractivity contribution is 5.90. The number of aldehydes is 1. The van der Waals surface area contributed by atoms with E-state index in [4.69, 9.17) is 4.74 Å². The van der Waals surface area contributed by atoms with E-state index in [1.165, 1.54) is 0 Å². The lowest BCUT2D eigenvalue weighted by atomic mass is 10.3. The van der Waals surface area contributed by atoms with Gasteiger partial charge in [0.15, 0.2) is 6.29 Å². The van der Waals surface area contributed by atoms with Gasteiger partial charge in [0.1, 0.15) is 5.52 Å². The molecule has 0 aromatic carbocycles. The fourth-order valence-corrected chi connectivity index (χ4v) is 1.27. The molecule has 0 unspecified atom stereocenters. The molecule has 4 nitrogen and oxygen atoms in total. The Kier molecular flexibility index (Phi) is 1.73. The summed E-state index contributed by atoms with van der Waals surface area (Å²) in [4.78, 5) is 17.4. The topological polar surface area (TPSA) is 55.0 Å². The number of carbonyl (C=O) groups excluding carboxylic acids is 1. The van der Waals surface area contributed by atoms with Crippen molar-refractivity contribution in [1.29, 1.82) is 0 Å². The molecule has 2 aromatic heterocycles. The van der Waals surface area contributed by atoms with Gasteiger partial charge in [0.25, 0.3) is 0 Å². The fourth-order valence-electron chi connectivity index (χ4n) is 1.27. The summed E-state index contributed by atoms with van der Waals surface area (Å²) in [5, 5.41) is 0.925. The number of ether oxygens (including phenoxy) is 1. The second-order valence-electron chi connectivity index (χ2n) is 2.63. The highest BCUT2D eigenvalue weighted by atomic mass is 16.5. The molecule has 0 aliphatic rings. The van der Waals surface area contributed by atoms with Crippen molar-refractivity contribution in [2.75, 3.05) is 7.11 Å². The molecule has 0 saturated carbocycles. The molecule has 13 heavy (non-hydrogen) atoms. The van der Waals surface area contributed by atoms with Gasteiger partial charge in [-0.15, -0.1) is 0 Å². The Morgan fingerprint density at radius 3 is 3.15 bits per heavy atom. The van der Waals surface area contributed by atoms with Gasteiger partial charge >= 0.3 is 0 Å². The first-order valence-corrected chi connectivity index (χ1v) is 3.82. The number of aromatic nitrogens is 2. The first-order chi connectivity index (χ1) is 6.35. The molecule has 2 heterocycles. The third-order valence-corrected chi connectivity index (χ3v) is 1.85. The molecule has 0 fully saturated rings. The molecular weight excluding hydrogens is 168 g/mol. The predicted octanol–water partition coefficient (Wildman–Crippen LogP) is 1.38. The smallest absolute Gasteiger partial charge is 0.238 e. The number of carbonyl (C=O) groups is 1. The van der Waals surface area contributed by atoms with Crippen molar-refractivity contribution in [1.82, 2.24) is 9.97 Å². The van der Waals surface area contributed by atoms with Crippen molar-refractivity contribution >= 4 is 17.2 Å². The van der Waals surface area contributed by atoms with Crippen LogP contribution in [0.2, 0.25) is 0 Å². The number of pyridine rings is 1. The third kappa shape index (κ3) is 1.16. The molecule has 0 atom stereocenters. The second-order valence-corrected chi connectivity index (χ2v) is 2.63. The molecule has 0 spiro atoms. The molecule has 0 aliphatic heterocycles. The predicted molar refractivity (Wildman–Crippen MR) is 48.0 cm³/mol. The van der Waals surface area contributed by atoms with E-state index in [1.807, 2.05) is 6.07 Å². The van der Waals surface area contributed by atoms with Crippen molar-refractivity contribution in [3.05, 3.63) is 24.0 Å². The van der Waals surface area contributed by atoms with Crippen molar-refractivity contribution in [3.63, 3.8) is 0 Å². The maximum Gasteiger partial charge on any atom is 0.238 e. The first-order valence-electron chi connectivity index (χ1n) is 3.82. The van der Waals surface area contributed by atoms with Crippen LogP contribution in [0.25, 0.3) is 10.9 Å². The molecule has 0 radical (unpaired) electrons. The molecule has 0 bridgehead atoms. The second kappa shape index (κ2) is 2.90. The van der Waals surface area contributed by atoms with E-state index in [0.717, 1.165) is 17.2 Å². The molecule has 2 rings (SSSR count). The average Bonchev–Trinajstić information content (AvgIpc) is 2.59. The number of hydrogen-bond acceptors (Lipinski definition) is 3. The number of nitrogens with zero attached hydrogens (tertiary/aromatic N) is 1. The molecule has 0 saturated heterocycles. The molecule has 2 aromatic rings. The van der Waals surface area contributed by atoms with Crippen LogP contribution in [0.3, 0.4) is 0 Å². The summed E-state index contributed by atoms with van der Waals surface area (Å²) in [6.07, 6.45) is 2.41. The summed E-state index contributed by atoms with van der Waals surface area (Å²) in [7, 11) is 1.54. The fraction of sp³-hybridized carbons (Fsp3) is 0.111. The van der Waals surface area contributed by atoms with Crippen LogP contribution >= 0.6 is 0 Å². The summed E-state index contributed by atoms with van der Waals surface area (Å²) >= 11 is 0. The minimum absolute atomic E-state index is 0.505. The van der Waals surface area contributed by atoms with Gasteiger partial charge in [-0.1, -0.05) is 0 Å². The molecule has 66 valence electrons. The lowest BCUT2D eigenvalue weighted by Gasteiger charge is -1.97. The van der Waals surface area contributed by atoms with Crippen LogP contribution < -0.4 is 4.74 Å². The Morgan fingerprint density at radius 1 is 1.62 bits per heavy atom.